The van der Waals surface area contributed by atoms with Gasteiger partial charge >= 0.3 is 0 Å². The quantitative estimate of drug-likeness (QED) is 0.799. The third kappa shape index (κ3) is 2.97. The Balaban J connectivity index is 0.00000112. The van der Waals surface area contributed by atoms with Gasteiger partial charge < -0.3 is 5.32 Å². The first-order valence-electron chi connectivity index (χ1n) is 4.93. The van der Waals surface area contributed by atoms with Crippen molar-refractivity contribution in [1.29, 1.82) is 0 Å². The summed E-state index contributed by atoms with van der Waals surface area (Å²) < 4.78 is 0. The standard InChI is InChI=1S/C12H14ClN.ClH/c1-14-12-6-3-9-2-5-11(13)8-10(9)4-7-12;/h2,4-5,7-8,12,14H,3,6H2,1H3;1H. The number of fused-ring (bicyclic) bond motifs is 1. The van der Waals surface area contributed by atoms with Gasteiger partial charge in [0, 0.05) is 11.1 Å². The highest BCUT2D eigenvalue weighted by atomic mass is 35.5. The molecule has 1 aliphatic rings. The summed E-state index contributed by atoms with van der Waals surface area (Å²) in [5.74, 6) is 0. The number of rotatable bonds is 1. The van der Waals surface area contributed by atoms with Crippen molar-refractivity contribution in [3.8, 4) is 0 Å². The molecule has 0 radical (unpaired) electrons. The van der Waals surface area contributed by atoms with Crippen molar-refractivity contribution in [2.75, 3.05) is 7.05 Å². The molecule has 1 unspecified atom stereocenters. The summed E-state index contributed by atoms with van der Waals surface area (Å²) in [6.45, 7) is 0. The fourth-order valence-corrected chi connectivity index (χ4v) is 2.00. The number of benzene rings is 1. The smallest absolute Gasteiger partial charge is 0.0412 e. The van der Waals surface area contributed by atoms with E-state index in [2.05, 4.69) is 23.5 Å². The molecule has 0 fully saturated rings. The molecule has 2 rings (SSSR count). The monoisotopic (exact) mass is 243 g/mol. The summed E-state index contributed by atoms with van der Waals surface area (Å²) in [6.07, 6.45) is 6.64. The highest BCUT2D eigenvalue weighted by Gasteiger charge is 2.09. The summed E-state index contributed by atoms with van der Waals surface area (Å²) in [6, 6.07) is 6.61. The summed E-state index contributed by atoms with van der Waals surface area (Å²) in [7, 11) is 2.00. The van der Waals surface area contributed by atoms with E-state index in [1.807, 2.05) is 19.2 Å². The molecule has 0 saturated heterocycles. The predicted octanol–water partition coefficient (Wildman–Crippen LogP) is 3.31. The molecule has 1 aliphatic carbocycles. The van der Waals surface area contributed by atoms with Crippen LogP contribution in [-0.4, -0.2) is 13.1 Å². The Morgan fingerprint density at radius 2 is 2.20 bits per heavy atom. The maximum absolute atomic E-state index is 5.95. The van der Waals surface area contributed by atoms with Crippen LogP contribution in [0.1, 0.15) is 17.5 Å². The van der Waals surface area contributed by atoms with Gasteiger partial charge in [-0.25, -0.2) is 0 Å². The van der Waals surface area contributed by atoms with E-state index in [1.54, 1.807) is 0 Å². The minimum Gasteiger partial charge on any atom is -0.314 e. The Hall–Kier alpha value is -0.500. The summed E-state index contributed by atoms with van der Waals surface area (Å²) in [4.78, 5) is 0. The van der Waals surface area contributed by atoms with Crippen LogP contribution in [0.4, 0.5) is 0 Å². The van der Waals surface area contributed by atoms with Crippen LogP contribution in [-0.2, 0) is 6.42 Å². The van der Waals surface area contributed by atoms with Gasteiger partial charge in [-0.05, 0) is 43.1 Å². The van der Waals surface area contributed by atoms with Crippen LogP contribution in [0.5, 0.6) is 0 Å². The first kappa shape index (κ1) is 12.6. The molecule has 1 aromatic rings. The highest BCUT2D eigenvalue weighted by molar-refractivity contribution is 6.30. The minimum atomic E-state index is 0. The van der Waals surface area contributed by atoms with Gasteiger partial charge in [-0.2, -0.15) is 0 Å². The van der Waals surface area contributed by atoms with E-state index in [-0.39, 0.29) is 12.4 Å². The average Bonchev–Trinajstić information content (AvgIpc) is 2.39. The molecular formula is C12H15Cl2N. The van der Waals surface area contributed by atoms with E-state index in [4.69, 9.17) is 11.6 Å². The first-order chi connectivity index (χ1) is 6.79. The fraction of sp³-hybridized carbons (Fsp3) is 0.333. The molecule has 0 amide bonds. The molecular weight excluding hydrogens is 229 g/mol. The molecule has 0 bridgehead atoms. The highest BCUT2D eigenvalue weighted by Crippen LogP contribution is 2.22. The molecule has 0 aliphatic heterocycles. The maximum Gasteiger partial charge on any atom is 0.0412 e. The van der Waals surface area contributed by atoms with E-state index < -0.39 is 0 Å². The van der Waals surface area contributed by atoms with Crippen molar-refractivity contribution >= 4 is 30.1 Å². The van der Waals surface area contributed by atoms with E-state index in [9.17, 15) is 0 Å². The number of aryl methyl sites for hydroxylation is 1. The molecule has 3 heteroatoms. The Morgan fingerprint density at radius 1 is 1.40 bits per heavy atom. The number of hydrogen-bond donors (Lipinski definition) is 1. The van der Waals surface area contributed by atoms with Gasteiger partial charge in [-0.1, -0.05) is 29.8 Å². The van der Waals surface area contributed by atoms with Gasteiger partial charge in [-0.3, -0.25) is 0 Å². The Labute approximate surface area is 102 Å². The van der Waals surface area contributed by atoms with Gasteiger partial charge in [0.15, 0.2) is 0 Å². The van der Waals surface area contributed by atoms with E-state index in [0.29, 0.717) is 6.04 Å². The second kappa shape index (κ2) is 5.55. The molecule has 1 atom stereocenters. The number of hydrogen-bond acceptors (Lipinski definition) is 1. The molecule has 82 valence electrons. The predicted molar refractivity (Wildman–Crippen MR) is 68.9 cm³/mol. The lowest BCUT2D eigenvalue weighted by atomic mass is 10.0. The molecule has 0 heterocycles. The molecule has 1 N–H and O–H groups in total. The molecule has 15 heavy (non-hydrogen) atoms. The van der Waals surface area contributed by atoms with E-state index in [0.717, 1.165) is 17.9 Å². The Kier molecular flexibility index (Phi) is 4.65. The summed E-state index contributed by atoms with van der Waals surface area (Å²) >= 11 is 5.95. The lowest BCUT2D eigenvalue weighted by molar-refractivity contribution is 0.619. The van der Waals surface area contributed by atoms with Crippen LogP contribution < -0.4 is 5.32 Å². The summed E-state index contributed by atoms with van der Waals surface area (Å²) in [5.41, 5.74) is 2.65. The van der Waals surface area contributed by atoms with Crippen molar-refractivity contribution in [3.63, 3.8) is 0 Å². The van der Waals surface area contributed by atoms with Crippen molar-refractivity contribution in [2.45, 2.75) is 18.9 Å². The van der Waals surface area contributed by atoms with E-state index >= 15 is 0 Å². The summed E-state index contributed by atoms with van der Waals surface area (Å²) in [5, 5.41) is 4.09. The molecule has 1 aromatic carbocycles. The maximum atomic E-state index is 5.95. The molecule has 0 aromatic heterocycles. The van der Waals surface area contributed by atoms with Gasteiger partial charge in [-0.15, -0.1) is 12.4 Å². The minimum absolute atomic E-state index is 0. The third-order valence-electron chi connectivity index (χ3n) is 2.71. The average molecular weight is 244 g/mol. The lowest BCUT2D eigenvalue weighted by Crippen LogP contribution is -2.22. The number of nitrogens with one attached hydrogen (secondary N) is 1. The van der Waals surface area contributed by atoms with Crippen LogP contribution in [0.2, 0.25) is 5.02 Å². The number of likely N-dealkylation sites (N-methyl/N-ethyl adjacent to an activating group) is 1. The fourth-order valence-electron chi connectivity index (χ4n) is 1.82. The van der Waals surface area contributed by atoms with E-state index in [1.165, 1.54) is 11.1 Å². The van der Waals surface area contributed by atoms with Crippen molar-refractivity contribution in [3.05, 3.63) is 40.4 Å². The Morgan fingerprint density at radius 3 is 2.93 bits per heavy atom. The zero-order valence-electron chi connectivity index (χ0n) is 8.66. The van der Waals surface area contributed by atoms with Gasteiger partial charge in [0.2, 0.25) is 0 Å². The van der Waals surface area contributed by atoms with Crippen molar-refractivity contribution in [2.24, 2.45) is 0 Å². The molecule has 1 nitrogen and oxygen atoms in total. The van der Waals surface area contributed by atoms with Gasteiger partial charge in [0.05, 0.1) is 0 Å². The van der Waals surface area contributed by atoms with Gasteiger partial charge in [0.25, 0.3) is 0 Å². The SMILES string of the molecule is CNC1C=Cc2cc(Cl)ccc2CC1.Cl. The normalized spacial score (nSPS) is 18.9. The van der Waals surface area contributed by atoms with Crippen molar-refractivity contribution in [1.82, 2.24) is 5.32 Å². The zero-order chi connectivity index (χ0) is 9.97. The largest absolute Gasteiger partial charge is 0.314 e. The van der Waals surface area contributed by atoms with Gasteiger partial charge in [0.1, 0.15) is 0 Å². The van der Waals surface area contributed by atoms with Crippen LogP contribution in [0.3, 0.4) is 0 Å². The second-order valence-corrected chi connectivity index (χ2v) is 4.07. The third-order valence-corrected chi connectivity index (χ3v) is 2.95. The first-order valence-corrected chi connectivity index (χ1v) is 5.31. The molecule has 0 spiro atoms. The van der Waals surface area contributed by atoms with Crippen LogP contribution in [0.25, 0.3) is 6.08 Å². The van der Waals surface area contributed by atoms with Crippen LogP contribution in [0.15, 0.2) is 24.3 Å². The molecule has 0 saturated carbocycles. The topological polar surface area (TPSA) is 12.0 Å². The lowest BCUT2D eigenvalue weighted by Gasteiger charge is -2.08. The van der Waals surface area contributed by atoms with Crippen molar-refractivity contribution < 1.29 is 0 Å². The van der Waals surface area contributed by atoms with Crippen LogP contribution >= 0.6 is 24.0 Å². The zero-order valence-corrected chi connectivity index (χ0v) is 10.2. The second-order valence-electron chi connectivity index (χ2n) is 3.64. The number of halogens is 2. The Bertz CT molecular complexity index is 361. The van der Waals surface area contributed by atoms with Crippen LogP contribution in [0, 0.1) is 0 Å².